The second-order valence-electron chi connectivity index (χ2n) is 5.57. The van der Waals surface area contributed by atoms with Crippen LogP contribution in [0.15, 0.2) is 64.2 Å². The molecule has 0 aliphatic rings. The molecule has 2 aromatic carbocycles. The third-order valence-electron chi connectivity index (χ3n) is 3.71. The lowest BCUT2D eigenvalue weighted by molar-refractivity contribution is 0.580. The van der Waals surface area contributed by atoms with E-state index in [2.05, 4.69) is 10.3 Å². The van der Waals surface area contributed by atoms with Gasteiger partial charge in [-0.15, -0.1) is 0 Å². The van der Waals surface area contributed by atoms with Gasteiger partial charge in [0.2, 0.25) is 0 Å². The number of nitrogens with zero attached hydrogens (tertiary/aromatic N) is 1. The van der Waals surface area contributed by atoms with Crippen LogP contribution in [-0.2, 0) is 0 Å². The number of rotatable bonds is 4. The van der Waals surface area contributed by atoms with E-state index >= 15 is 0 Å². The lowest BCUT2D eigenvalue weighted by Gasteiger charge is -2.15. The van der Waals surface area contributed by atoms with Crippen LogP contribution < -0.4 is 16.6 Å². The maximum Gasteiger partial charge on any atom is 0.334 e. The molecule has 0 fully saturated rings. The van der Waals surface area contributed by atoms with Crippen LogP contribution in [-0.4, -0.2) is 9.55 Å². The molecular weight excluding hydrogens is 328 g/mol. The first-order valence-electron chi connectivity index (χ1n) is 7.58. The van der Waals surface area contributed by atoms with Crippen LogP contribution in [0.2, 0.25) is 0 Å². The number of hydrogen-bond donors (Lipinski definition) is 2. The number of anilines is 1. The molecule has 2 N–H and O–H groups in total. The summed E-state index contributed by atoms with van der Waals surface area (Å²) in [7, 11) is 0. The highest BCUT2D eigenvalue weighted by molar-refractivity contribution is 5.39. The Bertz CT molecular complexity index is 961. The number of H-pyrrole nitrogens is 1. The van der Waals surface area contributed by atoms with Crippen molar-refractivity contribution in [2.24, 2.45) is 0 Å². The van der Waals surface area contributed by atoms with Crippen molar-refractivity contribution in [3.05, 3.63) is 92.6 Å². The van der Waals surface area contributed by atoms with Crippen molar-refractivity contribution >= 4 is 5.82 Å². The first kappa shape index (κ1) is 16.6. The summed E-state index contributed by atoms with van der Waals surface area (Å²) in [6.45, 7) is 1.88. The van der Waals surface area contributed by atoms with Gasteiger partial charge in [0.15, 0.2) is 0 Å². The Morgan fingerprint density at radius 1 is 1.00 bits per heavy atom. The van der Waals surface area contributed by atoms with Crippen LogP contribution in [0.25, 0.3) is 5.69 Å². The van der Waals surface area contributed by atoms with Crippen molar-refractivity contribution in [2.45, 2.75) is 13.0 Å². The Morgan fingerprint density at radius 3 is 2.24 bits per heavy atom. The molecule has 1 aromatic heterocycles. The number of hydrogen-bond acceptors (Lipinski definition) is 3. The lowest BCUT2D eigenvalue weighted by atomic mass is 10.1. The van der Waals surface area contributed by atoms with E-state index in [1.807, 2.05) is 37.3 Å². The molecule has 7 heteroatoms. The van der Waals surface area contributed by atoms with Crippen LogP contribution in [0.1, 0.15) is 18.5 Å². The molecule has 0 saturated heterocycles. The van der Waals surface area contributed by atoms with Gasteiger partial charge in [0.05, 0.1) is 5.69 Å². The standard InChI is InChI=1S/C18H15F2N3O2/c1-11(12-5-3-2-4-6-12)21-16-10-17(24)23(18(25)22-16)15-8-13(19)7-14(20)9-15/h2-11,21H,1H3,(H,22,25)/t11-/m0/s1. The largest absolute Gasteiger partial charge is 0.365 e. The van der Waals surface area contributed by atoms with Gasteiger partial charge in [-0.25, -0.2) is 18.1 Å². The van der Waals surface area contributed by atoms with Crippen LogP contribution in [0.4, 0.5) is 14.6 Å². The second kappa shape index (κ2) is 6.72. The molecule has 1 atom stereocenters. The van der Waals surface area contributed by atoms with Gasteiger partial charge in [0.25, 0.3) is 5.56 Å². The van der Waals surface area contributed by atoms with Gasteiger partial charge < -0.3 is 5.32 Å². The fourth-order valence-electron chi connectivity index (χ4n) is 2.54. The summed E-state index contributed by atoms with van der Waals surface area (Å²) in [5, 5.41) is 3.02. The van der Waals surface area contributed by atoms with E-state index in [4.69, 9.17) is 0 Å². The molecule has 0 radical (unpaired) electrons. The predicted molar refractivity (Wildman–Crippen MR) is 91.1 cm³/mol. The van der Waals surface area contributed by atoms with Crippen LogP contribution in [0.5, 0.6) is 0 Å². The smallest absolute Gasteiger partial charge is 0.334 e. The average molecular weight is 343 g/mol. The molecule has 128 valence electrons. The summed E-state index contributed by atoms with van der Waals surface area (Å²) in [6, 6.07) is 13.0. The molecule has 0 amide bonds. The molecule has 3 aromatic rings. The molecule has 25 heavy (non-hydrogen) atoms. The van der Waals surface area contributed by atoms with Crippen LogP contribution in [0.3, 0.4) is 0 Å². The zero-order valence-electron chi connectivity index (χ0n) is 13.3. The molecule has 3 rings (SSSR count). The normalized spacial score (nSPS) is 12.0. The maximum absolute atomic E-state index is 13.3. The number of aromatic nitrogens is 2. The summed E-state index contributed by atoms with van der Waals surface area (Å²) >= 11 is 0. The Hall–Kier alpha value is -3.22. The number of halogens is 2. The van der Waals surface area contributed by atoms with Crippen LogP contribution >= 0.6 is 0 Å². The van der Waals surface area contributed by atoms with E-state index in [0.29, 0.717) is 10.6 Å². The van der Waals surface area contributed by atoms with Gasteiger partial charge in [-0.05, 0) is 24.6 Å². The first-order chi connectivity index (χ1) is 11.9. The molecule has 0 saturated carbocycles. The van der Waals surface area contributed by atoms with E-state index in [1.165, 1.54) is 6.07 Å². The van der Waals surface area contributed by atoms with Crippen molar-refractivity contribution in [3.8, 4) is 5.69 Å². The highest BCUT2D eigenvalue weighted by Gasteiger charge is 2.11. The third kappa shape index (κ3) is 3.65. The van der Waals surface area contributed by atoms with Gasteiger partial charge in [-0.1, -0.05) is 30.3 Å². The third-order valence-corrected chi connectivity index (χ3v) is 3.71. The predicted octanol–water partition coefficient (Wildman–Crippen LogP) is 2.98. The van der Waals surface area contributed by atoms with Crippen molar-refractivity contribution in [3.63, 3.8) is 0 Å². The Balaban J connectivity index is 1.96. The van der Waals surface area contributed by atoms with E-state index in [-0.39, 0.29) is 17.5 Å². The Morgan fingerprint density at radius 2 is 1.64 bits per heavy atom. The van der Waals surface area contributed by atoms with Gasteiger partial charge >= 0.3 is 5.69 Å². The highest BCUT2D eigenvalue weighted by atomic mass is 19.1. The SMILES string of the molecule is C[C@H](Nc1cc(=O)n(-c2cc(F)cc(F)c2)c(=O)[nH]1)c1ccccc1. The van der Waals surface area contributed by atoms with E-state index in [1.54, 1.807) is 0 Å². The minimum Gasteiger partial charge on any atom is -0.365 e. The van der Waals surface area contributed by atoms with Crippen molar-refractivity contribution in [1.29, 1.82) is 0 Å². The monoisotopic (exact) mass is 343 g/mol. The molecule has 5 nitrogen and oxygen atoms in total. The highest BCUT2D eigenvalue weighted by Crippen LogP contribution is 2.16. The molecule has 1 heterocycles. The molecule has 0 aliphatic carbocycles. The van der Waals surface area contributed by atoms with Crippen molar-refractivity contribution in [2.75, 3.05) is 5.32 Å². The van der Waals surface area contributed by atoms with Crippen molar-refractivity contribution in [1.82, 2.24) is 9.55 Å². The number of aromatic amines is 1. The van der Waals surface area contributed by atoms with Gasteiger partial charge in [0, 0.05) is 18.2 Å². The van der Waals surface area contributed by atoms with Gasteiger partial charge in [-0.3, -0.25) is 9.78 Å². The molecule has 0 unspecified atom stereocenters. The first-order valence-corrected chi connectivity index (χ1v) is 7.58. The Kier molecular flexibility index (Phi) is 4.47. The summed E-state index contributed by atoms with van der Waals surface area (Å²) in [4.78, 5) is 27.0. The summed E-state index contributed by atoms with van der Waals surface area (Å²) in [5.74, 6) is -1.53. The minimum atomic E-state index is -0.874. The summed E-state index contributed by atoms with van der Waals surface area (Å²) in [5.41, 5.74) is -0.692. The van der Waals surface area contributed by atoms with Crippen molar-refractivity contribution < 1.29 is 8.78 Å². The maximum atomic E-state index is 13.3. The van der Waals surface area contributed by atoms with E-state index in [0.717, 1.165) is 17.7 Å². The average Bonchev–Trinajstić information content (AvgIpc) is 2.54. The van der Waals surface area contributed by atoms with Crippen LogP contribution in [0, 0.1) is 11.6 Å². The number of benzene rings is 2. The summed E-state index contributed by atoms with van der Waals surface area (Å²) in [6.07, 6.45) is 0. The van der Waals surface area contributed by atoms with Gasteiger partial charge in [-0.2, -0.15) is 0 Å². The lowest BCUT2D eigenvalue weighted by Crippen LogP contribution is -2.34. The molecular formula is C18H15F2N3O2. The fourth-order valence-corrected chi connectivity index (χ4v) is 2.54. The quantitative estimate of drug-likeness (QED) is 0.765. The zero-order valence-corrected chi connectivity index (χ0v) is 13.3. The van der Waals surface area contributed by atoms with Gasteiger partial charge in [0.1, 0.15) is 17.5 Å². The molecule has 0 bridgehead atoms. The van der Waals surface area contributed by atoms with E-state index < -0.39 is 22.9 Å². The number of nitrogens with one attached hydrogen (secondary N) is 2. The minimum absolute atomic E-state index is 0.154. The molecule has 0 spiro atoms. The zero-order chi connectivity index (χ0) is 18.0. The molecule has 0 aliphatic heterocycles. The van der Waals surface area contributed by atoms with E-state index in [9.17, 15) is 18.4 Å². The topological polar surface area (TPSA) is 66.9 Å². The fraction of sp³-hybridized carbons (Fsp3) is 0.111. The second-order valence-corrected chi connectivity index (χ2v) is 5.57. The summed E-state index contributed by atoms with van der Waals surface area (Å²) < 4.78 is 27.3. The Labute approximate surface area is 141 Å².